The van der Waals surface area contributed by atoms with Gasteiger partial charge in [-0.05, 0) is 49.7 Å². The molecule has 1 heterocycles. The molecule has 3 aromatic rings. The van der Waals surface area contributed by atoms with Crippen LogP contribution in [0.15, 0.2) is 48.7 Å². The number of aromatic nitrogens is 2. The van der Waals surface area contributed by atoms with Gasteiger partial charge in [0.15, 0.2) is 0 Å². The molecule has 7 nitrogen and oxygen atoms in total. The Morgan fingerprint density at radius 3 is 2.71 bits per heavy atom. The molecule has 0 fully saturated rings. The molecule has 0 saturated carbocycles. The summed E-state index contributed by atoms with van der Waals surface area (Å²) < 4.78 is 7.68. The summed E-state index contributed by atoms with van der Waals surface area (Å²) in [5, 5.41) is 8.61. The maximum atomic E-state index is 11.9. The number of urea groups is 1. The lowest BCUT2D eigenvalue weighted by atomic mass is 10.1. The molecule has 0 bridgehead atoms. The van der Waals surface area contributed by atoms with Gasteiger partial charge in [0.25, 0.3) is 0 Å². The third kappa shape index (κ3) is 4.44. The molecule has 2 amide bonds. The third-order valence-corrected chi connectivity index (χ3v) is 4.54. The minimum atomic E-state index is -0.413. The van der Waals surface area contributed by atoms with E-state index in [-0.39, 0.29) is 6.61 Å². The third-order valence-electron chi connectivity index (χ3n) is 4.25. The van der Waals surface area contributed by atoms with Gasteiger partial charge in [0, 0.05) is 24.5 Å². The average molecular weight is 400 g/mol. The van der Waals surface area contributed by atoms with Gasteiger partial charge in [-0.1, -0.05) is 23.7 Å². The average Bonchev–Trinajstić information content (AvgIpc) is 3.08. The van der Waals surface area contributed by atoms with E-state index >= 15 is 0 Å². The summed E-state index contributed by atoms with van der Waals surface area (Å²) in [6.45, 7) is 4.12. The van der Waals surface area contributed by atoms with Crippen molar-refractivity contribution in [3.05, 3.63) is 70.5 Å². The van der Waals surface area contributed by atoms with Crippen LogP contribution in [-0.4, -0.2) is 27.9 Å². The molecular weight excluding hydrogens is 378 g/mol. The number of aryl methyl sites for hydroxylation is 2. The van der Waals surface area contributed by atoms with Crippen LogP contribution in [0, 0.1) is 13.8 Å². The lowest BCUT2D eigenvalue weighted by molar-refractivity contribution is 0.223. The fourth-order valence-corrected chi connectivity index (χ4v) is 2.90. The van der Waals surface area contributed by atoms with E-state index in [4.69, 9.17) is 22.2 Å². The van der Waals surface area contributed by atoms with Crippen LogP contribution in [0.3, 0.4) is 0 Å². The minimum Gasteiger partial charge on any atom is -0.487 e. The Labute approximate surface area is 168 Å². The van der Waals surface area contributed by atoms with Crippen LogP contribution in [0.2, 0.25) is 5.02 Å². The number of carbonyl (C=O) groups excluding carboxylic acids is 1. The number of ether oxygens (including phenoxy) is 1. The first-order valence-electron chi connectivity index (χ1n) is 8.68. The largest absolute Gasteiger partial charge is 0.487 e. The SMILES string of the molecule is Cc1ccn(-c2ccc(OCc3c(C)cccc3NC(=O)N(C)N)c(Cl)c2)n1. The van der Waals surface area contributed by atoms with E-state index in [2.05, 4.69) is 10.4 Å². The van der Waals surface area contributed by atoms with Gasteiger partial charge >= 0.3 is 6.03 Å². The van der Waals surface area contributed by atoms with E-state index in [1.165, 1.54) is 7.05 Å². The molecule has 1 aromatic heterocycles. The maximum absolute atomic E-state index is 11.9. The summed E-state index contributed by atoms with van der Waals surface area (Å²) in [5.74, 6) is 6.03. The van der Waals surface area contributed by atoms with Gasteiger partial charge in [-0.25, -0.2) is 15.3 Å². The van der Waals surface area contributed by atoms with E-state index in [9.17, 15) is 4.79 Å². The van der Waals surface area contributed by atoms with Gasteiger partial charge in [0.1, 0.15) is 12.4 Å². The fourth-order valence-electron chi connectivity index (χ4n) is 2.67. The lowest BCUT2D eigenvalue weighted by Crippen LogP contribution is -2.37. The molecule has 3 N–H and O–H groups in total. The second kappa shape index (κ2) is 8.33. The summed E-state index contributed by atoms with van der Waals surface area (Å²) >= 11 is 6.40. The molecular formula is C20H22ClN5O2. The number of hydrazine groups is 1. The van der Waals surface area contributed by atoms with Gasteiger partial charge < -0.3 is 10.1 Å². The Kier molecular flexibility index (Phi) is 5.87. The molecule has 0 aliphatic rings. The second-order valence-electron chi connectivity index (χ2n) is 6.45. The van der Waals surface area contributed by atoms with Crippen molar-refractivity contribution in [2.45, 2.75) is 20.5 Å². The van der Waals surface area contributed by atoms with Crippen molar-refractivity contribution in [3.63, 3.8) is 0 Å². The van der Waals surface area contributed by atoms with Crippen molar-refractivity contribution in [2.24, 2.45) is 5.84 Å². The molecule has 0 aliphatic heterocycles. The van der Waals surface area contributed by atoms with Crippen molar-refractivity contribution in [1.82, 2.24) is 14.8 Å². The van der Waals surface area contributed by atoms with Crippen molar-refractivity contribution in [1.29, 1.82) is 0 Å². The highest BCUT2D eigenvalue weighted by Gasteiger charge is 2.12. The van der Waals surface area contributed by atoms with E-state index in [1.807, 2.05) is 44.3 Å². The summed E-state index contributed by atoms with van der Waals surface area (Å²) in [7, 11) is 1.48. The molecule has 8 heteroatoms. The molecule has 0 saturated heterocycles. The highest BCUT2D eigenvalue weighted by Crippen LogP contribution is 2.29. The zero-order valence-electron chi connectivity index (χ0n) is 15.9. The molecule has 0 atom stereocenters. The van der Waals surface area contributed by atoms with Crippen LogP contribution in [0.1, 0.15) is 16.8 Å². The number of nitrogens with two attached hydrogens (primary N) is 1. The van der Waals surface area contributed by atoms with Crippen LogP contribution in [0.4, 0.5) is 10.5 Å². The predicted octanol–water partition coefficient (Wildman–Crippen LogP) is 4.06. The molecule has 28 heavy (non-hydrogen) atoms. The van der Waals surface area contributed by atoms with Crippen molar-refractivity contribution in [3.8, 4) is 11.4 Å². The minimum absolute atomic E-state index is 0.247. The molecule has 3 rings (SSSR count). The zero-order valence-corrected chi connectivity index (χ0v) is 16.7. The molecule has 0 unspecified atom stereocenters. The second-order valence-corrected chi connectivity index (χ2v) is 6.85. The summed E-state index contributed by atoms with van der Waals surface area (Å²) in [6.07, 6.45) is 1.87. The topological polar surface area (TPSA) is 85.4 Å². The number of anilines is 1. The summed E-state index contributed by atoms with van der Waals surface area (Å²) in [6, 6.07) is 12.6. The molecule has 146 valence electrons. The smallest absolute Gasteiger partial charge is 0.335 e. The van der Waals surface area contributed by atoms with Crippen LogP contribution >= 0.6 is 11.6 Å². The number of benzene rings is 2. The van der Waals surface area contributed by atoms with Crippen molar-refractivity contribution in [2.75, 3.05) is 12.4 Å². The van der Waals surface area contributed by atoms with Gasteiger partial charge in [0.2, 0.25) is 0 Å². The van der Waals surface area contributed by atoms with E-state index in [0.717, 1.165) is 27.5 Å². The number of hydrogen-bond acceptors (Lipinski definition) is 4. The number of carbonyl (C=O) groups is 1. The lowest BCUT2D eigenvalue weighted by Gasteiger charge is -2.17. The highest BCUT2D eigenvalue weighted by molar-refractivity contribution is 6.32. The van der Waals surface area contributed by atoms with Gasteiger partial charge in [-0.15, -0.1) is 0 Å². The molecule has 0 radical (unpaired) electrons. The highest BCUT2D eigenvalue weighted by atomic mass is 35.5. The number of halogens is 1. The quantitative estimate of drug-likeness (QED) is 0.385. The van der Waals surface area contributed by atoms with E-state index < -0.39 is 6.03 Å². The fraction of sp³-hybridized carbons (Fsp3) is 0.200. The monoisotopic (exact) mass is 399 g/mol. The Hall–Kier alpha value is -3.03. The Balaban J connectivity index is 1.78. The van der Waals surface area contributed by atoms with Crippen molar-refractivity contribution < 1.29 is 9.53 Å². The first kappa shape index (κ1) is 19.7. The number of amides is 2. The predicted molar refractivity (Wildman–Crippen MR) is 110 cm³/mol. The zero-order chi connectivity index (χ0) is 20.3. The van der Waals surface area contributed by atoms with E-state index in [1.54, 1.807) is 22.9 Å². The molecule has 0 aliphatic carbocycles. The van der Waals surface area contributed by atoms with Gasteiger partial charge in [-0.3, -0.25) is 5.01 Å². The number of nitrogens with one attached hydrogen (secondary N) is 1. The first-order valence-corrected chi connectivity index (χ1v) is 9.06. The standard InChI is InChI=1S/C20H22ClN5O2/c1-13-5-4-6-18(23-20(27)25(3)22)16(13)12-28-19-8-7-15(11-17(19)21)26-10-9-14(2)24-26/h4-11H,12,22H2,1-3H3,(H,23,27). The summed E-state index contributed by atoms with van der Waals surface area (Å²) in [4.78, 5) is 11.9. The number of hydrogen-bond donors (Lipinski definition) is 2. The van der Waals surface area contributed by atoms with Gasteiger partial charge in [-0.2, -0.15) is 5.10 Å². The Morgan fingerprint density at radius 2 is 2.07 bits per heavy atom. The molecule has 2 aromatic carbocycles. The van der Waals surface area contributed by atoms with E-state index in [0.29, 0.717) is 16.5 Å². The maximum Gasteiger partial charge on any atom is 0.335 e. The Morgan fingerprint density at radius 1 is 1.29 bits per heavy atom. The van der Waals surface area contributed by atoms with Crippen LogP contribution in [-0.2, 0) is 6.61 Å². The van der Waals surface area contributed by atoms with Crippen LogP contribution in [0.25, 0.3) is 5.69 Å². The number of nitrogens with zero attached hydrogens (tertiary/aromatic N) is 3. The Bertz CT molecular complexity index is 1000. The normalized spacial score (nSPS) is 10.6. The molecule has 0 spiro atoms. The van der Waals surface area contributed by atoms with Crippen molar-refractivity contribution >= 4 is 23.3 Å². The van der Waals surface area contributed by atoms with Crippen LogP contribution < -0.4 is 15.9 Å². The van der Waals surface area contributed by atoms with Crippen LogP contribution in [0.5, 0.6) is 5.75 Å². The first-order chi connectivity index (χ1) is 13.3. The summed E-state index contributed by atoms with van der Waals surface area (Å²) in [5.41, 5.74) is 4.24. The number of rotatable bonds is 5. The van der Waals surface area contributed by atoms with Gasteiger partial charge in [0.05, 0.1) is 16.4 Å².